The summed E-state index contributed by atoms with van der Waals surface area (Å²) in [7, 11) is 0. The summed E-state index contributed by atoms with van der Waals surface area (Å²) in [6.45, 7) is 3.83. The van der Waals surface area contributed by atoms with Gasteiger partial charge in [-0.2, -0.15) is 5.90 Å². The van der Waals surface area contributed by atoms with Crippen molar-refractivity contribution in [2.45, 2.75) is 13.8 Å². The monoisotopic (exact) mass is 165 g/mol. The van der Waals surface area contributed by atoms with Crippen LogP contribution >= 0.6 is 0 Å². The molecular weight excluding hydrogens is 154 g/mol. The Morgan fingerprint density at radius 3 is 2.17 bits per heavy atom. The Labute approximate surface area is 71.1 Å². The molecule has 0 aliphatic rings. The highest BCUT2D eigenvalue weighted by Gasteiger charge is 2.05. The number of aryl methyl sites for hydroxylation is 2. The molecule has 0 fully saturated rings. The molecule has 1 aromatic rings. The molecule has 0 saturated carbocycles. The van der Waals surface area contributed by atoms with Crippen molar-refractivity contribution in [2.75, 3.05) is 0 Å². The predicted octanol–water partition coefficient (Wildman–Crippen LogP) is 1.33. The lowest BCUT2D eigenvalue weighted by molar-refractivity contribution is 0.0503. The van der Waals surface area contributed by atoms with Gasteiger partial charge in [-0.3, -0.25) is 0 Å². The molecule has 0 spiro atoms. The van der Waals surface area contributed by atoms with E-state index in [-0.39, 0.29) is 0 Å². The van der Waals surface area contributed by atoms with E-state index in [1.807, 2.05) is 19.9 Å². The Balaban J connectivity index is 3.08. The largest absolute Gasteiger partial charge is 0.370 e. The quantitative estimate of drug-likeness (QED) is 0.639. The molecule has 0 amide bonds. The SMILES string of the molecule is Cc1cc(C)cc(C(=O)ON)c1. The van der Waals surface area contributed by atoms with Crippen LogP contribution in [0.15, 0.2) is 18.2 Å². The lowest BCUT2D eigenvalue weighted by Gasteiger charge is -2.01. The maximum atomic E-state index is 11.0. The molecule has 3 nitrogen and oxygen atoms in total. The molecule has 1 rings (SSSR count). The highest BCUT2D eigenvalue weighted by atomic mass is 16.7. The van der Waals surface area contributed by atoms with Crippen LogP contribution in [0.5, 0.6) is 0 Å². The molecule has 0 aromatic heterocycles. The predicted molar refractivity (Wildman–Crippen MR) is 45.5 cm³/mol. The Bertz CT molecular complexity index is 287. The van der Waals surface area contributed by atoms with Crippen molar-refractivity contribution in [1.29, 1.82) is 0 Å². The third-order valence-corrected chi connectivity index (χ3v) is 1.56. The van der Waals surface area contributed by atoms with Gasteiger partial charge in [0.15, 0.2) is 0 Å². The fourth-order valence-electron chi connectivity index (χ4n) is 1.16. The molecule has 64 valence electrons. The minimum Gasteiger partial charge on any atom is -0.370 e. The molecule has 2 N–H and O–H groups in total. The molecule has 0 heterocycles. The Morgan fingerprint density at radius 1 is 1.25 bits per heavy atom. The summed E-state index contributed by atoms with van der Waals surface area (Å²) in [5, 5.41) is 0. The normalized spacial score (nSPS) is 9.58. The van der Waals surface area contributed by atoms with Crippen molar-refractivity contribution in [3.05, 3.63) is 34.9 Å². The lowest BCUT2D eigenvalue weighted by atomic mass is 10.1. The van der Waals surface area contributed by atoms with E-state index in [1.165, 1.54) is 0 Å². The van der Waals surface area contributed by atoms with Crippen LogP contribution in [-0.4, -0.2) is 5.97 Å². The van der Waals surface area contributed by atoms with E-state index in [1.54, 1.807) is 12.1 Å². The van der Waals surface area contributed by atoms with Crippen molar-refractivity contribution in [3.8, 4) is 0 Å². The van der Waals surface area contributed by atoms with Gasteiger partial charge in [0.1, 0.15) is 0 Å². The van der Waals surface area contributed by atoms with Crippen LogP contribution in [0.3, 0.4) is 0 Å². The fourth-order valence-corrected chi connectivity index (χ4v) is 1.16. The second-order valence-electron chi connectivity index (χ2n) is 2.78. The number of rotatable bonds is 1. The lowest BCUT2D eigenvalue weighted by Crippen LogP contribution is -2.10. The van der Waals surface area contributed by atoms with Gasteiger partial charge in [-0.1, -0.05) is 17.2 Å². The minimum absolute atomic E-state index is 0.495. The fraction of sp³-hybridized carbons (Fsp3) is 0.222. The van der Waals surface area contributed by atoms with Gasteiger partial charge in [0.05, 0.1) is 5.56 Å². The summed E-state index contributed by atoms with van der Waals surface area (Å²) >= 11 is 0. The molecule has 0 saturated heterocycles. The minimum atomic E-state index is -0.498. The first-order chi connectivity index (χ1) is 5.63. The molecule has 0 atom stereocenters. The van der Waals surface area contributed by atoms with E-state index in [0.29, 0.717) is 5.56 Å². The van der Waals surface area contributed by atoms with E-state index < -0.39 is 5.97 Å². The van der Waals surface area contributed by atoms with Crippen LogP contribution < -0.4 is 5.90 Å². The summed E-state index contributed by atoms with van der Waals surface area (Å²) in [5.41, 5.74) is 2.54. The zero-order chi connectivity index (χ0) is 9.14. The summed E-state index contributed by atoms with van der Waals surface area (Å²) in [5.74, 6) is 4.26. The van der Waals surface area contributed by atoms with Crippen molar-refractivity contribution in [3.63, 3.8) is 0 Å². The first kappa shape index (κ1) is 8.74. The van der Waals surface area contributed by atoms with Gasteiger partial charge < -0.3 is 4.84 Å². The van der Waals surface area contributed by atoms with Gasteiger partial charge in [-0.25, -0.2) is 4.79 Å². The van der Waals surface area contributed by atoms with Gasteiger partial charge in [0.2, 0.25) is 0 Å². The van der Waals surface area contributed by atoms with E-state index in [2.05, 4.69) is 4.84 Å². The molecule has 0 bridgehead atoms. The third kappa shape index (κ3) is 1.83. The molecule has 3 heteroatoms. The van der Waals surface area contributed by atoms with Crippen LogP contribution in [0.1, 0.15) is 21.5 Å². The van der Waals surface area contributed by atoms with Crippen LogP contribution in [-0.2, 0) is 4.84 Å². The highest BCUT2D eigenvalue weighted by Crippen LogP contribution is 2.08. The molecule has 0 aliphatic carbocycles. The summed E-state index contributed by atoms with van der Waals surface area (Å²) < 4.78 is 0. The average Bonchev–Trinajstić information content (AvgIpc) is 2.01. The molecule has 0 unspecified atom stereocenters. The highest BCUT2D eigenvalue weighted by molar-refractivity contribution is 5.89. The maximum Gasteiger partial charge on any atom is 0.356 e. The number of nitrogens with two attached hydrogens (primary N) is 1. The first-order valence-electron chi connectivity index (χ1n) is 3.63. The van der Waals surface area contributed by atoms with Crippen molar-refractivity contribution in [2.24, 2.45) is 5.90 Å². The van der Waals surface area contributed by atoms with E-state index in [4.69, 9.17) is 5.90 Å². The third-order valence-electron chi connectivity index (χ3n) is 1.56. The number of hydrogen-bond donors (Lipinski definition) is 1. The summed E-state index contributed by atoms with van der Waals surface area (Å²) in [6.07, 6.45) is 0. The Kier molecular flexibility index (Phi) is 2.45. The maximum absolute atomic E-state index is 11.0. The standard InChI is InChI=1S/C9H11NO2/c1-6-3-7(2)5-8(4-6)9(11)12-10/h3-5H,10H2,1-2H3. The summed E-state index contributed by atoms with van der Waals surface area (Å²) in [4.78, 5) is 15.1. The molecule has 0 radical (unpaired) electrons. The first-order valence-corrected chi connectivity index (χ1v) is 3.63. The van der Waals surface area contributed by atoms with Crippen LogP contribution in [0.2, 0.25) is 0 Å². The number of benzene rings is 1. The van der Waals surface area contributed by atoms with Crippen LogP contribution in [0, 0.1) is 13.8 Å². The summed E-state index contributed by atoms with van der Waals surface area (Å²) in [6, 6.07) is 5.46. The smallest absolute Gasteiger partial charge is 0.356 e. The molecular formula is C9H11NO2. The van der Waals surface area contributed by atoms with E-state index >= 15 is 0 Å². The van der Waals surface area contributed by atoms with E-state index in [0.717, 1.165) is 11.1 Å². The van der Waals surface area contributed by atoms with Gasteiger partial charge in [0, 0.05) is 0 Å². The van der Waals surface area contributed by atoms with Gasteiger partial charge >= 0.3 is 5.97 Å². The van der Waals surface area contributed by atoms with Gasteiger partial charge in [-0.15, -0.1) is 0 Å². The number of hydrogen-bond acceptors (Lipinski definition) is 3. The van der Waals surface area contributed by atoms with Gasteiger partial charge in [0.25, 0.3) is 0 Å². The zero-order valence-corrected chi connectivity index (χ0v) is 7.13. The average molecular weight is 165 g/mol. The van der Waals surface area contributed by atoms with Crippen molar-refractivity contribution < 1.29 is 9.63 Å². The number of carbonyl (C=O) groups is 1. The van der Waals surface area contributed by atoms with Crippen molar-refractivity contribution >= 4 is 5.97 Å². The van der Waals surface area contributed by atoms with Gasteiger partial charge in [-0.05, 0) is 26.0 Å². The topological polar surface area (TPSA) is 52.3 Å². The Hall–Kier alpha value is -1.35. The second-order valence-corrected chi connectivity index (χ2v) is 2.78. The van der Waals surface area contributed by atoms with Crippen LogP contribution in [0.25, 0.3) is 0 Å². The molecule has 12 heavy (non-hydrogen) atoms. The van der Waals surface area contributed by atoms with E-state index in [9.17, 15) is 4.79 Å². The Morgan fingerprint density at radius 2 is 1.75 bits per heavy atom. The molecule has 0 aliphatic heterocycles. The van der Waals surface area contributed by atoms with Crippen LogP contribution in [0.4, 0.5) is 0 Å². The molecule has 1 aromatic carbocycles. The van der Waals surface area contributed by atoms with Crippen molar-refractivity contribution in [1.82, 2.24) is 0 Å². The number of carbonyl (C=O) groups excluding carboxylic acids is 1. The second kappa shape index (κ2) is 3.36. The zero-order valence-electron chi connectivity index (χ0n) is 7.13.